The Bertz CT molecular complexity index is 689. The van der Waals surface area contributed by atoms with Gasteiger partial charge in [-0.05, 0) is 43.9 Å². The number of ether oxygens (including phenoxy) is 2. The number of carbonyl (C=O) groups excluding carboxylic acids is 1. The lowest BCUT2D eigenvalue weighted by atomic mass is 10.0. The third-order valence-corrected chi connectivity index (χ3v) is 3.78. The SMILES string of the molecule is CN(C)C(CNC(=O)c1cccnc1)c1ccc2c(c1)OCO2. The van der Waals surface area contributed by atoms with Gasteiger partial charge in [-0.1, -0.05) is 6.07 Å². The molecule has 1 atom stereocenters. The van der Waals surface area contributed by atoms with Crippen molar-refractivity contribution in [3.05, 3.63) is 53.9 Å². The van der Waals surface area contributed by atoms with Crippen molar-refractivity contribution in [1.82, 2.24) is 15.2 Å². The molecule has 120 valence electrons. The van der Waals surface area contributed by atoms with Crippen molar-refractivity contribution in [3.8, 4) is 11.5 Å². The van der Waals surface area contributed by atoms with Crippen LogP contribution in [0.5, 0.6) is 11.5 Å². The van der Waals surface area contributed by atoms with Gasteiger partial charge in [0.1, 0.15) is 0 Å². The second kappa shape index (κ2) is 6.66. The zero-order valence-electron chi connectivity index (χ0n) is 13.2. The zero-order chi connectivity index (χ0) is 16.2. The quantitative estimate of drug-likeness (QED) is 0.912. The predicted octanol–water partition coefficient (Wildman–Crippen LogP) is 1.84. The number of rotatable bonds is 5. The number of aromatic nitrogens is 1. The molecule has 2 aromatic rings. The van der Waals surface area contributed by atoms with Gasteiger partial charge < -0.3 is 19.7 Å². The highest BCUT2D eigenvalue weighted by Gasteiger charge is 2.20. The molecule has 1 aromatic carbocycles. The van der Waals surface area contributed by atoms with Gasteiger partial charge in [0, 0.05) is 18.9 Å². The molecule has 1 aliphatic rings. The van der Waals surface area contributed by atoms with E-state index in [2.05, 4.69) is 15.2 Å². The summed E-state index contributed by atoms with van der Waals surface area (Å²) in [4.78, 5) is 18.2. The topological polar surface area (TPSA) is 63.7 Å². The fraction of sp³-hybridized carbons (Fsp3) is 0.294. The first-order valence-corrected chi connectivity index (χ1v) is 7.39. The predicted molar refractivity (Wildman–Crippen MR) is 85.6 cm³/mol. The van der Waals surface area contributed by atoms with E-state index in [1.54, 1.807) is 24.5 Å². The van der Waals surface area contributed by atoms with Gasteiger partial charge in [0.2, 0.25) is 6.79 Å². The molecular formula is C17H19N3O3. The lowest BCUT2D eigenvalue weighted by molar-refractivity contribution is 0.0941. The Labute approximate surface area is 135 Å². The molecule has 0 saturated carbocycles. The van der Waals surface area contributed by atoms with Crippen molar-refractivity contribution < 1.29 is 14.3 Å². The van der Waals surface area contributed by atoms with Gasteiger partial charge in [-0.25, -0.2) is 0 Å². The first-order chi connectivity index (χ1) is 11.1. The van der Waals surface area contributed by atoms with Gasteiger partial charge >= 0.3 is 0 Å². The molecule has 0 spiro atoms. The summed E-state index contributed by atoms with van der Waals surface area (Å²) in [5.41, 5.74) is 1.61. The summed E-state index contributed by atoms with van der Waals surface area (Å²) in [6, 6.07) is 9.38. The molecule has 0 saturated heterocycles. The average Bonchev–Trinajstić information content (AvgIpc) is 3.03. The van der Waals surface area contributed by atoms with E-state index < -0.39 is 0 Å². The molecule has 0 aliphatic carbocycles. The molecule has 1 unspecified atom stereocenters. The van der Waals surface area contributed by atoms with Crippen LogP contribution in [0, 0.1) is 0 Å². The smallest absolute Gasteiger partial charge is 0.252 e. The van der Waals surface area contributed by atoms with Crippen LogP contribution in [0.3, 0.4) is 0 Å². The van der Waals surface area contributed by atoms with Crippen LogP contribution in [0.1, 0.15) is 22.0 Å². The molecule has 1 aromatic heterocycles. The standard InChI is InChI=1S/C17H19N3O3/c1-20(2)14(10-19-17(21)13-4-3-7-18-9-13)12-5-6-15-16(8-12)23-11-22-15/h3-9,14H,10-11H2,1-2H3,(H,19,21). The summed E-state index contributed by atoms with van der Waals surface area (Å²) in [7, 11) is 3.96. The highest BCUT2D eigenvalue weighted by Crippen LogP contribution is 2.34. The molecule has 1 N–H and O–H groups in total. The van der Waals surface area contributed by atoms with Crippen molar-refractivity contribution in [1.29, 1.82) is 0 Å². The molecule has 3 rings (SSSR count). The van der Waals surface area contributed by atoms with Crippen molar-refractivity contribution in [2.75, 3.05) is 27.4 Å². The van der Waals surface area contributed by atoms with E-state index >= 15 is 0 Å². The van der Waals surface area contributed by atoms with Crippen LogP contribution in [0.4, 0.5) is 0 Å². The van der Waals surface area contributed by atoms with Crippen LogP contribution in [-0.4, -0.2) is 43.2 Å². The summed E-state index contributed by atoms with van der Waals surface area (Å²) in [6.07, 6.45) is 3.20. The molecule has 23 heavy (non-hydrogen) atoms. The third-order valence-electron chi connectivity index (χ3n) is 3.78. The normalized spacial score (nSPS) is 13.9. The second-order valence-electron chi connectivity index (χ2n) is 5.54. The summed E-state index contributed by atoms with van der Waals surface area (Å²) >= 11 is 0. The Morgan fingerprint density at radius 3 is 2.87 bits per heavy atom. The number of hydrogen-bond donors (Lipinski definition) is 1. The molecule has 1 aliphatic heterocycles. The van der Waals surface area contributed by atoms with Gasteiger partial charge in [-0.2, -0.15) is 0 Å². The van der Waals surface area contributed by atoms with Crippen molar-refractivity contribution >= 4 is 5.91 Å². The Hall–Kier alpha value is -2.60. The first-order valence-electron chi connectivity index (χ1n) is 7.39. The van der Waals surface area contributed by atoms with Gasteiger partial charge in [0.15, 0.2) is 11.5 Å². The number of likely N-dealkylation sites (N-methyl/N-ethyl adjacent to an activating group) is 1. The van der Waals surface area contributed by atoms with Gasteiger partial charge in [-0.3, -0.25) is 9.78 Å². The third kappa shape index (κ3) is 3.43. The Kier molecular flexibility index (Phi) is 4.43. The van der Waals surface area contributed by atoms with Gasteiger partial charge in [0.25, 0.3) is 5.91 Å². The van der Waals surface area contributed by atoms with Crippen LogP contribution in [0.2, 0.25) is 0 Å². The highest BCUT2D eigenvalue weighted by atomic mass is 16.7. The van der Waals surface area contributed by atoms with Crippen LogP contribution < -0.4 is 14.8 Å². The maximum absolute atomic E-state index is 12.2. The minimum absolute atomic E-state index is 0.0325. The van der Waals surface area contributed by atoms with Crippen LogP contribution in [-0.2, 0) is 0 Å². The fourth-order valence-corrected chi connectivity index (χ4v) is 2.51. The zero-order valence-corrected chi connectivity index (χ0v) is 13.2. The monoisotopic (exact) mass is 313 g/mol. The second-order valence-corrected chi connectivity index (χ2v) is 5.54. The van der Waals surface area contributed by atoms with E-state index in [1.165, 1.54) is 0 Å². The van der Waals surface area contributed by atoms with Crippen LogP contribution >= 0.6 is 0 Å². The lowest BCUT2D eigenvalue weighted by Gasteiger charge is -2.25. The number of carbonyl (C=O) groups is 1. The van der Waals surface area contributed by atoms with E-state index in [9.17, 15) is 4.79 Å². The number of benzene rings is 1. The molecule has 6 nitrogen and oxygen atoms in total. The minimum Gasteiger partial charge on any atom is -0.454 e. The molecular weight excluding hydrogens is 294 g/mol. The summed E-state index contributed by atoms with van der Waals surface area (Å²) < 4.78 is 10.8. The van der Waals surface area contributed by atoms with E-state index in [-0.39, 0.29) is 18.7 Å². The largest absolute Gasteiger partial charge is 0.454 e. The van der Waals surface area contributed by atoms with Gasteiger partial charge in [0.05, 0.1) is 11.6 Å². The summed E-state index contributed by atoms with van der Waals surface area (Å²) in [6.45, 7) is 0.740. The van der Waals surface area contributed by atoms with Crippen molar-refractivity contribution in [2.45, 2.75) is 6.04 Å². The maximum Gasteiger partial charge on any atom is 0.252 e. The molecule has 6 heteroatoms. The van der Waals surface area contributed by atoms with Gasteiger partial charge in [-0.15, -0.1) is 0 Å². The molecule has 2 heterocycles. The van der Waals surface area contributed by atoms with Crippen molar-refractivity contribution in [2.24, 2.45) is 0 Å². The summed E-state index contributed by atoms with van der Waals surface area (Å²) in [5, 5.41) is 2.95. The number of amides is 1. The van der Waals surface area contributed by atoms with E-state index in [1.807, 2.05) is 32.3 Å². The van der Waals surface area contributed by atoms with Crippen molar-refractivity contribution in [3.63, 3.8) is 0 Å². The Balaban J connectivity index is 1.71. The maximum atomic E-state index is 12.2. The number of fused-ring (bicyclic) bond motifs is 1. The minimum atomic E-state index is -0.134. The number of nitrogens with zero attached hydrogens (tertiary/aromatic N) is 2. The number of hydrogen-bond acceptors (Lipinski definition) is 5. The average molecular weight is 313 g/mol. The first kappa shape index (κ1) is 15.3. The fourth-order valence-electron chi connectivity index (χ4n) is 2.51. The van der Waals surface area contributed by atoms with E-state index in [0.29, 0.717) is 12.1 Å². The van der Waals surface area contributed by atoms with Crippen LogP contribution in [0.25, 0.3) is 0 Å². The van der Waals surface area contributed by atoms with E-state index in [4.69, 9.17) is 9.47 Å². The molecule has 0 radical (unpaired) electrons. The lowest BCUT2D eigenvalue weighted by Crippen LogP contribution is -2.34. The highest BCUT2D eigenvalue weighted by molar-refractivity contribution is 5.93. The summed E-state index contributed by atoms with van der Waals surface area (Å²) in [5.74, 6) is 1.37. The number of nitrogens with one attached hydrogen (secondary N) is 1. The Morgan fingerprint density at radius 1 is 1.30 bits per heavy atom. The molecule has 1 amide bonds. The molecule has 0 bridgehead atoms. The Morgan fingerprint density at radius 2 is 2.13 bits per heavy atom. The number of pyridine rings is 1. The van der Waals surface area contributed by atoms with E-state index in [0.717, 1.165) is 17.1 Å². The molecule has 0 fully saturated rings. The van der Waals surface area contributed by atoms with Crippen LogP contribution in [0.15, 0.2) is 42.7 Å².